The van der Waals surface area contributed by atoms with E-state index in [-0.39, 0.29) is 36.9 Å². The second-order valence-corrected chi connectivity index (χ2v) is 3.04. The van der Waals surface area contributed by atoms with Crippen LogP contribution in [0.2, 0.25) is 0 Å². The number of aryl methyl sites for hydroxylation is 2. The number of pyridine rings is 1. The van der Waals surface area contributed by atoms with Gasteiger partial charge < -0.3 is 15.2 Å². The van der Waals surface area contributed by atoms with Gasteiger partial charge in [-0.25, -0.2) is 0 Å². The number of aromatic nitrogens is 1. The van der Waals surface area contributed by atoms with Crippen LogP contribution < -0.4 is 0 Å². The summed E-state index contributed by atoms with van der Waals surface area (Å²) >= 11 is 0. The molecule has 1 radical (unpaired) electrons. The number of rotatable bonds is 1. The van der Waals surface area contributed by atoms with Crippen LogP contribution in [0, 0.1) is 25.6 Å². The minimum absolute atomic E-state index is 0. The van der Waals surface area contributed by atoms with Crippen LogP contribution in [0.4, 0.5) is 4.39 Å². The molecule has 0 amide bonds. The molecule has 0 saturated heterocycles. The van der Waals surface area contributed by atoms with Gasteiger partial charge in [0.05, 0.1) is 0 Å². The van der Waals surface area contributed by atoms with Crippen LogP contribution in [-0.2, 0) is 20.1 Å². The van der Waals surface area contributed by atoms with Crippen molar-refractivity contribution in [3.05, 3.63) is 53.5 Å². The molecule has 0 fully saturated rings. The Morgan fingerprint density at radius 1 is 1.15 bits per heavy atom. The summed E-state index contributed by atoms with van der Waals surface area (Å²) in [7, 11) is 2.00. The smallest absolute Gasteiger partial charge is 0.0379 e. The van der Waals surface area contributed by atoms with E-state index in [1.165, 1.54) is 18.2 Å². The molecule has 0 spiro atoms. The molecule has 2 rings (SSSR count). The van der Waals surface area contributed by atoms with E-state index in [0.717, 1.165) is 26.5 Å². The molecule has 5 heteroatoms. The maximum atomic E-state index is 12.9. The molecule has 1 heterocycles. The zero-order chi connectivity index (χ0) is 19.8. The molecule has 0 saturated carbocycles. The molecule has 0 aliphatic rings. The minimum Gasteiger partial charge on any atom is -0.400 e. The van der Waals surface area contributed by atoms with E-state index in [1.807, 2.05) is 0 Å². The fourth-order valence-corrected chi connectivity index (χ4v) is 1.17. The van der Waals surface area contributed by atoms with Gasteiger partial charge in [0.15, 0.2) is 0 Å². The first-order valence-electron chi connectivity index (χ1n) is 8.17. The molecule has 0 unspecified atom stereocenters. The van der Waals surface area contributed by atoms with Gasteiger partial charge in [0.25, 0.3) is 0 Å². The monoisotopic (exact) mass is 463 g/mol. The summed E-state index contributed by atoms with van der Waals surface area (Å²) in [5.74, 6) is -0.478. The van der Waals surface area contributed by atoms with Gasteiger partial charge in [0, 0.05) is 54.6 Å². The van der Waals surface area contributed by atoms with Gasteiger partial charge in [-0.1, -0.05) is 11.6 Å². The van der Waals surface area contributed by atoms with Crippen molar-refractivity contribution in [2.75, 3.05) is 14.2 Å². The fraction of sp³-hybridized carbons (Fsp3) is 0.267. The number of hydrogen-bond donors (Lipinski definition) is 2. The van der Waals surface area contributed by atoms with Crippen molar-refractivity contribution in [1.29, 1.82) is 0 Å². The van der Waals surface area contributed by atoms with E-state index in [2.05, 4.69) is 11.1 Å². The zero-order valence-electron chi connectivity index (χ0n) is 16.9. The summed E-state index contributed by atoms with van der Waals surface area (Å²) in [5, 5.41) is 14.0. The van der Waals surface area contributed by atoms with Crippen LogP contribution in [0.3, 0.4) is 0 Å². The van der Waals surface area contributed by atoms with Crippen molar-refractivity contribution in [3.8, 4) is 11.3 Å². The molecular formula is C15H19FIrNO2-. The van der Waals surface area contributed by atoms with Gasteiger partial charge in [-0.05, 0) is 25.0 Å². The Morgan fingerprint density at radius 2 is 1.80 bits per heavy atom. The second-order valence-electron chi connectivity index (χ2n) is 3.04. The summed E-state index contributed by atoms with van der Waals surface area (Å²) in [6.45, 7) is -5.15. The molecule has 3 nitrogen and oxygen atoms in total. The average molecular weight is 463 g/mol. The Bertz CT molecular complexity index is 663. The molecule has 20 heavy (non-hydrogen) atoms. The Morgan fingerprint density at radius 3 is 2.30 bits per heavy atom. The number of hydrogen-bond acceptors (Lipinski definition) is 3. The number of aliphatic hydroxyl groups is 2. The predicted octanol–water partition coefficient (Wildman–Crippen LogP) is 2.52. The van der Waals surface area contributed by atoms with Gasteiger partial charge in [-0.2, -0.15) is 0 Å². The van der Waals surface area contributed by atoms with Crippen molar-refractivity contribution in [3.63, 3.8) is 0 Å². The number of benzene rings is 1. The van der Waals surface area contributed by atoms with Crippen molar-refractivity contribution >= 4 is 0 Å². The molecule has 0 bridgehead atoms. The van der Waals surface area contributed by atoms with Crippen LogP contribution in [0.5, 0.6) is 0 Å². The first-order valence-corrected chi connectivity index (χ1v) is 5.17. The molecule has 2 aromatic rings. The average Bonchev–Trinajstić information content (AvgIpc) is 2.57. The molecule has 1 aromatic carbocycles. The minimum atomic E-state index is -2.58. The van der Waals surface area contributed by atoms with Crippen molar-refractivity contribution in [2.45, 2.75) is 13.7 Å². The largest absolute Gasteiger partial charge is 0.400 e. The van der Waals surface area contributed by atoms with Crippen molar-refractivity contribution in [1.82, 2.24) is 4.98 Å². The van der Waals surface area contributed by atoms with Crippen molar-refractivity contribution in [2.24, 2.45) is 0 Å². The summed E-state index contributed by atoms with van der Waals surface area (Å²) in [6, 6.07) is 7.52. The Hall–Kier alpha value is -1.13. The third kappa shape index (κ3) is 6.35. The van der Waals surface area contributed by atoms with Crippen LogP contribution in [0.15, 0.2) is 30.5 Å². The maximum Gasteiger partial charge on any atom is 0.0379 e. The van der Waals surface area contributed by atoms with E-state index in [1.54, 1.807) is 0 Å². The van der Waals surface area contributed by atoms with Gasteiger partial charge in [0.2, 0.25) is 0 Å². The summed E-state index contributed by atoms with van der Waals surface area (Å²) < 4.78 is 57.4. The fourth-order valence-electron chi connectivity index (χ4n) is 1.17. The maximum absolute atomic E-state index is 12.9. The normalized spacial score (nSPS) is 14.1. The number of aliphatic hydroxyl groups excluding tert-OH is 2. The van der Waals surface area contributed by atoms with E-state index in [9.17, 15) is 4.39 Å². The summed E-state index contributed by atoms with van der Waals surface area (Å²) in [5.41, 5.74) is 0.0201. The Kier molecular flexibility index (Phi) is 6.73. The molecule has 0 aliphatic heterocycles. The zero-order valence-corrected chi connectivity index (χ0v) is 13.3. The van der Waals surface area contributed by atoms with Crippen LogP contribution in [0.1, 0.15) is 19.4 Å². The van der Waals surface area contributed by atoms with Gasteiger partial charge >= 0.3 is 0 Å². The standard InChI is InChI=1S/C13H11FN.2CH4O.Ir/c1-9-7-13(15-8-10(9)2)11-3-5-12(14)6-4-11;2*1-2;/h3,5-8H,1-2H3;2*2H,1H3;/q-1;;;/i1D3,2D3;;;. The van der Waals surface area contributed by atoms with Gasteiger partial charge in [-0.3, -0.25) is 4.39 Å². The van der Waals surface area contributed by atoms with Crippen molar-refractivity contribution < 1.29 is 42.9 Å². The molecule has 0 aliphatic carbocycles. The van der Waals surface area contributed by atoms with Crippen LogP contribution in [-0.4, -0.2) is 29.4 Å². The van der Waals surface area contributed by atoms with Gasteiger partial charge in [-0.15, -0.1) is 29.8 Å². The molecule has 0 atom stereocenters. The SMILES string of the molecule is CO.CO.[2H]C([2H])([2H])c1cnc(-c2[c-]cc(F)cc2)cc1C([2H])([2H])[2H].[Ir]. The Labute approximate surface area is 141 Å². The second kappa shape index (κ2) is 11.7. The molecule has 1 aromatic heterocycles. The molecule has 2 N–H and O–H groups in total. The van der Waals surface area contributed by atoms with E-state index >= 15 is 0 Å². The summed E-state index contributed by atoms with van der Waals surface area (Å²) in [6.07, 6.45) is 1.03. The summed E-state index contributed by atoms with van der Waals surface area (Å²) in [4.78, 5) is 3.96. The Balaban J connectivity index is 0. The third-order valence-corrected chi connectivity index (χ3v) is 1.95. The number of halogens is 1. The first-order chi connectivity index (χ1) is 11.6. The van der Waals surface area contributed by atoms with Gasteiger partial charge in [0.1, 0.15) is 0 Å². The van der Waals surface area contributed by atoms with E-state index < -0.39 is 19.5 Å². The first kappa shape index (κ1) is 11.5. The van der Waals surface area contributed by atoms with Crippen LogP contribution in [0.25, 0.3) is 11.3 Å². The topological polar surface area (TPSA) is 53.4 Å². The number of nitrogens with zero attached hydrogens (tertiary/aromatic N) is 1. The van der Waals surface area contributed by atoms with Crippen LogP contribution >= 0.6 is 0 Å². The van der Waals surface area contributed by atoms with E-state index in [0.29, 0.717) is 5.56 Å². The molecular weight excluding hydrogens is 437 g/mol. The third-order valence-electron chi connectivity index (χ3n) is 1.95. The predicted molar refractivity (Wildman–Crippen MR) is 74.2 cm³/mol. The van der Waals surface area contributed by atoms with E-state index in [4.69, 9.17) is 18.4 Å². The quantitative estimate of drug-likeness (QED) is 0.641. The molecule has 113 valence electrons.